The lowest BCUT2D eigenvalue weighted by Gasteiger charge is -2.09. The Morgan fingerprint density at radius 2 is 0.980 bits per heavy atom. The van der Waals surface area contributed by atoms with Crippen molar-refractivity contribution in [3.05, 3.63) is 83.4 Å². The van der Waals surface area contributed by atoms with E-state index in [1.165, 1.54) is 26.6 Å². The number of aryl methyl sites for hydroxylation is 2. The van der Waals surface area contributed by atoms with Crippen molar-refractivity contribution in [3.8, 4) is 23.0 Å². The fraction of sp³-hybridized carbons (Fsp3) is 0.312. The van der Waals surface area contributed by atoms with Crippen molar-refractivity contribution in [3.63, 3.8) is 0 Å². The van der Waals surface area contributed by atoms with Crippen LogP contribution in [0.4, 0.5) is 11.9 Å². The lowest BCUT2D eigenvalue weighted by molar-refractivity contribution is -0.660. The molecule has 0 amide bonds. The quantitative estimate of drug-likeness (QED) is 0.0906. The number of hydrogen-bond acceptors (Lipinski definition) is 16. The van der Waals surface area contributed by atoms with Gasteiger partial charge in [0.25, 0.3) is 0 Å². The number of carbonyl (C=O) groups excluding carboxylic acids is 2. The summed E-state index contributed by atoms with van der Waals surface area (Å²) in [7, 11) is 7.51. The van der Waals surface area contributed by atoms with Crippen LogP contribution in [-0.4, -0.2) is 82.1 Å². The summed E-state index contributed by atoms with van der Waals surface area (Å²) >= 11 is 0. The summed E-state index contributed by atoms with van der Waals surface area (Å²) in [5, 5.41) is 6.41. The molecule has 4 rings (SSSR count). The SMILES string of the molecule is COC(=O)c1cnc(NCc2ccc(OC)c(OC)c2)[n+](C)c1.COC(=O)c1cnc(NCc2ccc(OC)c(OC)c2)[n+](C)c1.O=S(=O)([O-])[O-]. The molecule has 0 aliphatic rings. The van der Waals surface area contributed by atoms with E-state index in [0.29, 0.717) is 59.1 Å². The molecule has 0 fully saturated rings. The Morgan fingerprint density at radius 3 is 1.25 bits per heavy atom. The number of rotatable bonds is 12. The molecule has 0 atom stereocenters. The predicted molar refractivity (Wildman–Crippen MR) is 178 cm³/mol. The Balaban J connectivity index is 0.000000312. The molecule has 0 unspecified atom stereocenters. The fourth-order valence-corrected chi connectivity index (χ4v) is 4.18. The van der Waals surface area contributed by atoms with Crippen molar-refractivity contribution in [2.45, 2.75) is 13.1 Å². The van der Waals surface area contributed by atoms with Gasteiger partial charge < -0.3 is 37.5 Å². The highest BCUT2D eigenvalue weighted by atomic mass is 32.3. The molecule has 0 aliphatic heterocycles. The molecule has 276 valence electrons. The van der Waals surface area contributed by atoms with Crippen LogP contribution in [-0.2, 0) is 47.1 Å². The van der Waals surface area contributed by atoms with Crippen molar-refractivity contribution in [2.24, 2.45) is 14.1 Å². The third kappa shape index (κ3) is 13.6. The van der Waals surface area contributed by atoms with Crippen LogP contribution in [0.2, 0.25) is 0 Å². The van der Waals surface area contributed by atoms with Gasteiger partial charge in [-0.2, -0.15) is 0 Å². The highest BCUT2D eigenvalue weighted by Crippen LogP contribution is 2.28. The van der Waals surface area contributed by atoms with E-state index < -0.39 is 22.3 Å². The van der Waals surface area contributed by atoms with Crippen molar-refractivity contribution in [1.82, 2.24) is 9.97 Å². The second-order valence-corrected chi connectivity index (χ2v) is 10.8. The fourth-order valence-electron chi connectivity index (χ4n) is 4.18. The van der Waals surface area contributed by atoms with Crippen LogP contribution >= 0.6 is 0 Å². The topological polar surface area (TPSA) is 227 Å². The van der Waals surface area contributed by atoms with Crippen LogP contribution in [0.5, 0.6) is 23.0 Å². The van der Waals surface area contributed by atoms with Gasteiger partial charge in [-0.15, -0.1) is 0 Å². The van der Waals surface area contributed by atoms with E-state index in [0.717, 1.165) is 11.1 Å². The smallest absolute Gasteiger partial charge is 0.391 e. The zero-order valence-electron chi connectivity index (χ0n) is 29.3. The summed E-state index contributed by atoms with van der Waals surface area (Å²) in [5.74, 6) is 3.14. The second kappa shape index (κ2) is 20.0. The molecule has 0 aliphatic carbocycles. The van der Waals surface area contributed by atoms with Crippen LogP contribution in [0.25, 0.3) is 0 Å². The van der Waals surface area contributed by atoms with Gasteiger partial charge in [-0.1, -0.05) is 22.1 Å². The zero-order chi connectivity index (χ0) is 38.1. The molecule has 4 aromatic rings. The standard InChI is InChI=1S/2C16H19N3O4.H2O4S/c2*1-19-10-12(15(20)23-4)9-18-16(19)17-8-11-5-6-13(21-2)14(7-11)22-3;1-5(2,3)4/h2*5-7,9-10H,8H2,1-4H3;(H2,1,2,3,4). The third-order valence-corrected chi connectivity index (χ3v) is 6.62. The van der Waals surface area contributed by atoms with Gasteiger partial charge >= 0.3 is 23.8 Å². The summed E-state index contributed by atoms with van der Waals surface area (Å²) in [5.41, 5.74) is 2.82. The van der Waals surface area contributed by atoms with Gasteiger partial charge in [0.15, 0.2) is 23.0 Å². The van der Waals surface area contributed by atoms with Crippen molar-refractivity contribution in [1.29, 1.82) is 0 Å². The molecular formula is C32H40N6O12S. The lowest BCUT2D eigenvalue weighted by Crippen LogP contribution is -2.34. The number of benzene rings is 2. The highest BCUT2D eigenvalue weighted by molar-refractivity contribution is 7.79. The number of hydrogen-bond donors (Lipinski definition) is 2. The maximum absolute atomic E-state index is 11.5. The average Bonchev–Trinajstić information content (AvgIpc) is 3.12. The molecule has 0 saturated carbocycles. The third-order valence-electron chi connectivity index (χ3n) is 6.62. The maximum atomic E-state index is 11.5. The second-order valence-electron chi connectivity index (χ2n) is 10.0. The minimum absolute atomic E-state index is 0.395. The number of ether oxygens (including phenoxy) is 6. The first-order valence-corrected chi connectivity index (χ1v) is 15.9. The summed E-state index contributed by atoms with van der Waals surface area (Å²) in [6.45, 7) is 1.11. The molecule has 2 N–H and O–H groups in total. The normalized spacial score (nSPS) is 10.2. The van der Waals surface area contributed by atoms with E-state index in [1.807, 2.05) is 36.4 Å². The predicted octanol–water partition coefficient (Wildman–Crippen LogP) is 1.31. The molecule has 18 nitrogen and oxygen atoms in total. The van der Waals surface area contributed by atoms with Crippen molar-refractivity contribution in [2.75, 3.05) is 53.3 Å². The van der Waals surface area contributed by atoms with E-state index in [-0.39, 0.29) is 0 Å². The summed E-state index contributed by atoms with van der Waals surface area (Å²) in [6, 6.07) is 11.4. The first-order valence-electron chi connectivity index (χ1n) is 14.6. The molecule has 0 spiro atoms. The first-order chi connectivity index (χ1) is 24.2. The molecular weight excluding hydrogens is 692 g/mol. The van der Waals surface area contributed by atoms with Crippen LogP contribution in [0.3, 0.4) is 0 Å². The number of nitrogens with one attached hydrogen (secondary N) is 2. The van der Waals surface area contributed by atoms with Crippen molar-refractivity contribution >= 4 is 34.2 Å². The molecule has 2 heterocycles. The van der Waals surface area contributed by atoms with Crippen LogP contribution in [0.1, 0.15) is 31.8 Å². The molecule has 0 saturated heterocycles. The van der Waals surface area contributed by atoms with Crippen LogP contribution < -0.4 is 38.7 Å². The van der Waals surface area contributed by atoms with E-state index in [2.05, 4.69) is 30.1 Å². The van der Waals surface area contributed by atoms with Crippen LogP contribution in [0.15, 0.2) is 61.2 Å². The van der Waals surface area contributed by atoms with Gasteiger partial charge in [-0.3, -0.25) is 19.1 Å². The zero-order valence-corrected chi connectivity index (χ0v) is 30.1. The summed E-state index contributed by atoms with van der Waals surface area (Å²) in [6.07, 6.45) is 6.27. The highest BCUT2D eigenvalue weighted by Gasteiger charge is 2.16. The number of esters is 2. The van der Waals surface area contributed by atoms with Gasteiger partial charge in [-0.25, -0.2) is 18.7 Å². The number of anilines is 2. The Morgan fingerprint density at radius 1 is 0.647 bits per heavy atom. The van der Waals surface area contributed by atoms with Gasteiger partial charge in [0.05, 0.1) is 82.2 Å². The Hall–Kier alpha value is -5.79. The molecule has 2 aromatic heterocycles. The largest absolute Gasteiger partial charge is 0.759 e. The Kier molecular flexibility index (Phi) is 16.2. The monoisotopic (exact) mass is 732 g/mol. The molecule has 19 heteroatoms. The number of aromatic nitrogens is 4. The van der Waals surface area contributed by atoms with E-state index >= 15 is 0 Å². The van der Waals surface area contributed by atoms with Gasteiger partial charge in [0.2, 0.25) is 0 Å². The van der Waals surface area contributed by atoms with Crippen LogP contribution in [0, 0.1) is 0 Å². The number of methoxy groups -OCH3 is 6. The van der Waals surface area contributed by atoms with Gasteiger partial charge in [0, 0.05) is 10.4 Å². The molecule has 2 aromatic carbocycles. The average molecular weight is 733 g/mol. The van der Waals surface area contributed by atoms with Gasteiger partial charge in [0.1, 0.15) is 23.5 Å². The van der Waals surface area contributed by atoms with E-state index in [1.54, 1.807) is 64.1 Å². The Bertz CT molecular complexity index is 1760. The minimum atomic E-state index is -5.17. The minimum Gasteiger partial charge on any atom is -0.759 e. The van der Waals surface area contributed by atoms with Gasteiger partial charge in [-0.05, 0) is 35.4 Å². The summed E-state index contributed by atoms with van der Waals surface area (Å²) in [4.78, 5) is 31.4. The molecule has 0 radical (unpaired) electrons. The lowest BCUT2D eigenvalue weighted by atomic mass is 10.2. The van der Waals surface area contributed by atoms with E-state index in [9.17, 15) is 9.59 Å². The molecule has 51 heavy (non-hydrogen) atoms. The summed E-state index contributed by atoms with van der Waals surface area (Å²) < 4.78 is 67.9. The van der Waals surface area contributed by atoms with E-state index in [4.69, 9.17) is 36.5 Å². The first kappa shape index (κ1) is 41.4. The van der Waals surface area contributed by atoms with Crippen molar-refractivity contribution < 1.29 is 64.7 Å². The Labute approximate surface area is 295 Å². The number of carbonyl (C=O) groups is 2. The molecule has 0 bridgehead atoms. The maximum Gasteiger partial charge on any atom is 0.391 e. The number of nitrogens with zero attached hydrogens (tertiary/aromatic N) is 4.